The summed E-state index contributed by atoms with van der Waals surface area (Å²) in [5.74, 6) is 0.237. The van der Waals surface area contributed by atoms with E-state index in [-0.39, 0.29) is 0 Å². The molecule has 0 unspecified atom stereocenters. The SMILES string of the molecule is COC(=O)c1c(-c2nc(C)nc(C)c2C)cnn1C. The molecule has 0 spiro atoms. The summed E-state index contributed by atoms with van der Waals surface area (Å²) in [6.45, 7) is 5.67. The Bertz CT molecular complexity index is 646. The van der Waals surface area contributed by atoms with Gasteiger partial charge in [0.1, 0.15) is 5.82 Å². The van der Waals surface area contributed by atoms with Crippen molar-refractivity contribution in [3.05, 3.63) is 29.0 Å². The second kappa shape index (κ2) is 4.79. The van der Waals surface area contributed by atoms with Gasteiger partial charge in [0.25, 0.3) is 0 Å². The van der Waals surface area contributed by atoms with Gasteiger partial charge in [-0.25, -0.2) is 14.8 Å². The van der Waals surface area contributed by atoms with Crippen molar-refractivity contribution < 1.29 is 9.53 Å². The van der Waals surface area contributed by atoms with Gasteiger partial charge >= 0.3 is 5.97 Å². The molecule has 6 heteroatoms. The zero-order valence-electron chi connectivity index (χ0n) is 11.7. The molecule has 0 amide bonds. The monoisotopic (exact) mass is 260 g/mol. The maximum Gasteiger partial charge on any atom is 0.357 e. The van der Waals surface area contributed by atoms with Crippen LogP contribution in [0.15, 0.2) is 6.20 Å². The highest BCUT2D eigenvalue weighted by Gasteiger charge is 2.21. The average Bonchev–Trinajstić information content (AvgIpc) is 2.74. The molecule has 0 saturated heterocycles. The van der Waals surface area contributed by atoms with Gasteiger partial charge in [0.15, 0.2) is 5.69 Å². The Hall–Kier alpha value is -2.24. The second-order valence-electron chi connectivity index (χ2n) is 4.35. The Balaban J connectivity index is 2.70. The molecule has 0 atom stereocenters. The number of ether oxygens (including phenoxy) is 1. The van der Waals surface area contributed by atoms with Crippen molar-refractivity contribution in [2.75, 3.05) is 7.11 Å². The van der Waals surface area contributed by atoms with Crippen LogP contribution in [-0.4, -0.2) is 32.8 Å². The lowest BCUT2D eigenvalue weighted by molar-refractivity contribution is 0.0589. The van der Waals surface area contributed by atoms with Crippen molar-refractivity contribution >= 4 is 5.97 Å². The number of carbonyl (C=O) groups is 1. The smallest absolute Gasteiger partial charge is 0.357 e. The molecule has 2 heterocycles. The van der Waals surface area contributed by atoms with E-state index in [2.05, 4.69) is 15.1 Å². The number of aromatic nitrogens is 4. The zero-order valence-corrected chi connectivity index (χ0v) is 11.7. The van der Waals surface area contributed by atoms with Crippen LogP contribution in [0.3, 0.4) is 0 Å². The Morgan fingerprint density at radius 3 is 2.58 bits per heavy atom. The van der Waals surface area contributed by atoms with Gasteiger partial charge in [-0.05, 0) is 26.3 Å². The van der Waals surface area contributed by atoms with Gasteiger partial charge in [-0.3, -0.25) is 4.68 Å². The van der Waals surface area contributed by atoms with Crippen LogP contribution in [0.25, 0.3) is 11.3 Å². The van der Waals surface area contributed by atoms with Gasteiger partial charge in [-0.1, -0.05) is 0 Å². The molecule has 0 N–H and O–H groups in total. The Kier molecular flexibility index (Phi) is 3.33. The van der Waals surface area contributed by atoms with E-state index in [1.54, 1.807) is 13.2 Å². The number of nitrogens with zero attached hydrogens (tertiary/aromatic N) is 4. The number of carbonyl (C=O) groups excluding carboxylic acids is 1. The van der Waals surface area contributed by atoms with E-state index >= 15 is 0 Å². The van der Waals surface area contributed by atoms with Gasteiger partial charge < -0.3 is 4.74 Å². The minimum absolute atomic E-state index is 0.392. The van der Waals surface area contributed by atoms with E-state index in [9.17, 15) is 4.79 Å². The molecule has 6 nitrogen and oxygen atoms in total. The minimum atomic E-state index is -0.427. The Morgan fingerprint density at radius 2 is 1.95 bits per heavy atom. The minimum Gasteiger partial charge on any atom is -0.464 e. The van der Waals surface area contributed by atoms with Gasteiger partial charge in [0, 0.05) is 12.7 Å². The van der Waals surface area contributed by atoms with Crippen LogP contribution in [0.2, 0.25) is 0 Å². The number of aryl methyl sites for hydroxylation is 3. The maximum atomic E-state index is 11.8. The zero-order chi connectivity index (χ0) is 14.2. The molecule has 0 aliphatic rings. The van der Waals surface area contributed by atoms with Crippen molar-refractivity contribution in [1.82, 2.24) is 19.7 Å². The van der Waals surface area contributed by atoms with Crippen LogP contribution in [-0.2, 0) is 11.8 Å². The predicted molar refractivity (Wildman–Crippen MR) is 69.8 cm³/mol. The third kappa shape index (κ3) is 2.21. The van der Waals surface area contributed by atoms with Crippen molar-refractivity contribution in [3.63, 3.8) is 0 Å². The molecule has 2 aromatic rings. The molecule has 0 aliphatic carbocycles. The van der Waals surface area contributed by atoms with Crippen LogP contribution in [0, 0.1) is 20.8 Å². The summed E-state index contributed by atoms with van der Waals surface area (Å²) in [4.78, 5) is 20.6. The number of hydrogen-bond donors (Lipinski definition) is 0. The molecule has 2 rings (SSSR count). The summed E-state index contributed by atoms with van der Waals surface area (Å²) >= 11 is 0. The fourth-order valence-corrected chi connectivity index (χ4v) is 1.98. The third-order valence-electron chi connectivity index (χ3n) is 3.07. The highest BCUT2D eigenvalue weighted by atomic mass is 16.5. The number of hydrogen-bond acceptors (Lipinski definition) is 5. The summed E-state index contributed by atoms with van der Waals surface area (Å²) in [5, 5.41) is 4.12. The lowest BCUT2D eigenvalue weighted by Crippen LogP contribution is -2.10. The topological polar surface area (TPSA) is 69.9 Å². The van der Waals surface area contributed by atoms with Crippen molar-refractivity contribution in [2.24, 2.45) is 7.05 Å². The molecule has 2 aromatic heterocycles. The number of methoxy groups -OCH3 is 1. The van der Waals surface area contributed by atoms with Gasteiger partial charge in [0.2, 0.25) is 0 Å². The second-order valence-corrected chi connectivity index (χ2v) is 4.35. The quantitative estimate of drug-likeness (QED) is 0.767. The molecular weight excluding hydrogens is 244 g/mol. The van der Waals surface area contributed by atoms with Gasteiger partial charge in [0.05, 0.1) is 24.6 Å². The van der Waals surface area contributed by atoms with E-state index in [0.717, 1.165) is 17.0 Å². The first-order valence-corrected chi connectivity index (χ1v) is 5.88. The number of rotatable bonds is 2. The van der Waals surface area contributed by atoms with E-state index in [0.29, 0.717) is 17.1 Å². The largest absolute Gasteiger partial charge is 0.464 e. The van der Waals surface area contributed by atoms with E-state index < -0.39 is 5.97 Å². The van der Waals surface area contributed by atoms with E-state index in [1.165, 1.54) is 11.8 Å². The first kappa shape index (κ1) is 13.2. The Labute approximate surface area is 111 Å². The molecular formula is C13H16N4O2. The highest BCUT2D eigenvalue weighted by Crippen LogP contribution is 2.26. The summed E-state index contributed by atoms with van der Waals surface area (Å²) in [5.41, 5.74) is 3.60. The summed E-state index contributed by atoms with van der Waals surface area (Å²) < 4.78 is 6.29. The first-order chi connectivity index (χ1) is 8.95. The standard InChI is InChI=1S/C13H16N4O2/c1-7-8(2)15-9(3)16-11(7)10-6-14-17(4)12(10)13(18)19-5/h6H,1-5H3. The van der Waals surface area contributed by atoms with Crippen LogP contribution in [0.5, 0.6) is 0 Å². The normalized spacial score (nSPS) is 10.6. The summed E-state index contributed by atoms with van der Waals surface area (Å²) in [7, 11) is 3.05. The fourth-order valence-electron chi connectivity index (χ4n) is 1.98. The van der Waals surface area contributed by atoms with Gasteiger partial charge in [-0.15, -0.1) is 0 Å². The highest BCUT2D eigenvalue weighted by molar-refractivity contribution is 5.95. The summed E-state index contributed by atoms with van der Waals surface area (Å²) in [6.07, 6.45) is 1.63. The lowest BCUT2D eigenvalue weighted by Gasteiger charge is -2.09. The molecule has 0 fully saturated rings. The van der Waals surface area contributed by atoms with Crippen molar-refractivity contribution in [3.8, 4) is 11.3 Å². The first-order valence-electron chi connectivity index (χ1n) is 5.88. The van der Waals surface area contributed by atoms with E-state index in [1.807, 2.05) is 20.8 Å². The fraction of sp³-hybridized carbons (Fsp3) is 0.385. The molecule has 0 saturated carbocycles. The van der Waals surface area contributed by atoms with Crippen LogP contribution >= 0.6 is 0 Å². The molecule has 0 aromatic carbocycles. The third-order valence-corrected chi connectivity index (χ3v) is 3.07. The number of esters is 1. The molecule has 19 heavy (non-hydrogen) atoms. The van der Waals surface area contributed by atoms with E-state index in [4.69, 9.17) is 4.74 Å². The van der Waals surface area contributed by atoms with Crippen LogP contribution in [0.4, 0.5) is 0 Å². The average molecular weight is 260 g/mol. The van der Waals surface area contributed by atoms with Crippen LogP contribution < -0.4 is 0 Å². The van der Waals surface area contributed by atoms with Crippen LogP contribution in [0.1, 0.15) is 27.6 Å². The molecule has 0 bridgehead atoms. The lowest BCUT2D eigenvalue weighted by atomic mass is 10.1. The maximum absolute atomic E-state index is 11.8. The van der Waals surface area contributed by atoms with Gasteiger partial charge in [-0.2, -0.15) is 5.10 Å². The summed E-state index contributed by atoms with van der Waals surface area (Å²) in [6, 6.07) is 0. The molecule has 100 valence electrons. The Morgan fingerprint density at radius 1 is 1.26 bits per heavy atom. The molecule has 0 radical (unpaired) electrons. The molecule has 0 aliphatic heterocycles. The predicted octanol–water partition coefficient (Wildman–Crippen LogP) is 1.59. The van der Waals surface area contributed by atoms with Crippen molar-refractivity contribution in [2.45, 2.75) is 20.8 Å². The van der Waals surface area contributed by atoms with Crippen molar-refractivity contribution in [1.29, 1.82) is 0 Å².